The number of benzene rings is 3. The summed E-state index contributed by atoms with van der Waals surface area (Å²) in [4.78, 5) is 29.4. The monoisotopic (exact) mass is 598 g/mol. The Morgan fingerprint density at radius 3 is 2.38 bits per heavy atom. The normalized spacial score (nSPS) is 14.4. The zero-order chi connectivity index (χ0) is 28.3. The molecule has 4 rings (SSSR count). The summed E-state index contributed by atoms with van der Waals surface area (Å²) in [5, 5.41) is 4.27. The number of carbonyl (C=O) groups is 2. The molecule has 0 saturated heterocycles. The summed E-state index contributed by atoms with van der Waals surface area (Å²) < 4.78 is 5.24. The molecule has 1 atom stereocenters. The van der Waals surface area contributed by atoms with E-state index in [4.69, 9.17) is 27.9 Å². The van der Waals surface area contributed by atoms with Crippen LogP contribution in [0.25, 0.3) is 0 Å². The summed E-state index contributed by atoms with van der Waals surface area (Å²) in [6, 6.07) is 22.4. The standard InChI is InChI=1S/C32H36Cl2N2O3S/c1-39-28-16-12-24(13-17-28)21-40-22-31(37)36(20-25-14-15-26(33)19-29(25)34)30(18-23-8-4-2-5-9-23)32(38)35-27-10-6-3-7-11-27/h2,4-5,8-9,12-17,19,27,30H,3,6-7,10-11,18,20-22H2,1H3,(H,35,38)/t30-/m0/s1. The maximum Gasteiger partial charge on any atom is 0.243 e. The topological polar surface area (TPSA) is 58.6 Å². The molecule has 1 aliphatic rings. The number of methoxy groups -OCH3 is 1. The van der Waals surface area contributed by atoms with Gasteiger partial charge in [-0.25, -0.2) is 0 Å². The fourth-order valence-electron chi connectivity index (χ4n) is 4.99. The predicted octanol–water partition coefficient (Wildman–Crippen LogP) is 7.32. The van der Waals surface area contributed by atoms with E-state index >= 15 is 0 Å². The fourth-order valence-corrected chi connectivity index (χ4v) is 6.33. The van der Waals surface area contributed by atoms with Crippen LogP contribution in [0.15, 0.2) is 72.8 Å². The lowest BCUT2D eigenvalue weighted by molar-refractivity contribution is -0.139. The van der Waals surface area contributed by atoms with E-state index in [0.717, 1.165) is 48.1 Å². The van der Waals surface area contributed by atoms with Gasteiger partial charge < -0.3 is 15.0 Å². The first kappa shape index (κ1) is 30.3. The van der Waals surface area contributed by atoms with Gasteiger partial charge in [0.2, 0.25) is 11.8 Å². The van der Waals surface area contributed by atoms with Crippen LogP contribution in [-0.4, -0.2) is 41.7 Å². The van der Waals surface area contributed by atoms with E-state index in [1.165, 1.54) is 18.2 Å². The third-order valence-electron chi connectivity index (χ3n) is 7.23. The van der Waals surface area contributed by atoms with Crippen molar-refractivity contribution in [2.24, 2.45) is 0 Å². The molecule has 40 heavy (non-hydrogen) atoms. The van der Waals surface area contributed by atoms with Crippen molar-refractivity contribution in [3.63, 3.8) is 0 Å². The molecule has 1 saturated carbocycles. The predicted molar refractivity (Wildman–Crippen MR) is 165 cm³/mol. The molecule has 0 aliphatic heterocycles. The largest absolute Gasteiger partial charge is 0.497 e. The zero-order valence-electron chi connectivity index (χ0n) is 22.8. The minimum atomic E-state index is -0.676. The number of nitrogens with zero attached hydrogens (tertiary/aromatic N) is 1. The van der Waals surface area contributed by atoms with Crippen LogP contribution in [0.3, 0.4) is 0 Å². The van der Waals surface area contributed by atoms with Crippen LogP contribution in [0.5, 0.6) is 5.75 Å². The first-order valence-electron chi connectivity index (χ1n) is 13.7. The Hall–Kier alpha value is -2.67. The second-order valence-electron chi connectivity index (χ2n) is 10.1. The van der Waals surface area contributed by atoms with Gasteiger partial charge in [0, 0.05) is 34.8 Å². The Morgan fingerprint density at radius 1 is 0.975 bits per heavy atom. The van der Waals surface area contributed by atoms with Gasteiger partial charge >= 0.3 is 0 Å². The van der Waals surface area contributed by atoms with Crippen molar-refractivity contribution in [1.29, 1.82) is 0 Å². The average Bonchev–Trinajstić information content (AvgIpc) is 2.97. The van der Waals surface area contributed by atoms with Crippen LogP contribution in [0, 0.1) is 0 Å². The Labute approximate surface area is 251 Å². The Morgan fingerprint density at radius 2 is 1.70 bits per heavy atom. The molecule has 0 unspecified atom stereocenters. The number of amides is 2. The Balaban J connectivity index is 1.57. The molecule has 212 valence electrons. The second-order valence-corrected chi connectivity index (χ2v) is 12.0. The van der Waals surface area contributed by atoms with Crippen LogP contribution >= 0.6 is 35.0 Å². The highest BCUT2D eigenvalue weighted by atomic mass is 35.5. The summed E-state index contributed by atoms with van der Waals surface area (Å²) in [7, 11) is 1.64. The lowest BCUT2D eigenvalue weighted by atomic mass is 9.94. The molecule has 5 nitrogen and oxygen atoms in total. The number of rotatable bonds is 12. The van der Waals surface area contributed by atoms with Crippen LogP contribution in [-0.2, 0) is 28.3 Å². The lowest BCUT2D eigenvalue weighted by Gasteiger charge is -2.33. The van der Waals surface area contributed by atoms with Gasteiger partial charge in [-0.3, -0.25) is 9.59 Å². The quantitative estimate of drug-likeness (QED) is 0.237. The molecule has 0 radical (unpaired) electrons. The Kier molecular flexibility index (Phi) is 11.6. The molecule has 0 aromatic heterocycles. The van der Waals surface area contributed by atoms with Crippen molar-refractivity contribution in [3.05, 3.63) is 99.5 Å². The summed E-state index contributed by atoms with van der Waals surface area (Å²) in [5.41, 5.74) is 2.85. The van der Waals surface area contributed by atoms with Crippen LogP contribution in [0.1, 0.15) is 48.8 Å². The van der Waals surface area contributed by atoms with Crippen molar-refractivity contribution in [3.8, 4) is 5.75 Å². The number of thioether (sulfide) groups is 1. The number of carbonyl (C=O) groups excluding carboxylic acids is 2. The average molecular weight is 600 g/mol. The van der Waals surface area contributed by atoms with Crippen LogP contribution < -0.4 is 10.1 Å². The van der Waals surface area contributed by atoms with Gasteiger partial charge in [-0.15, -0.1) is 11.8 Å². The van der Waals surface area contributed by atoms with Gasteiger partial charge in [-0.05, 0) is 53.8 Å². The Bertz CT molecular complexity index is 1250. The van der Waals surface area contributed by atoms with Gasteiger partial charge in [-0.2, -0.15) is 0 Å². The maximum atomic E-state index is 13.9. The minimum Gasteiger partial charge on any atom is -0.497 e. The number of nitrogens with one attached hydrogen (secondary N) is 1. The van der Waals surface area contributed by atoms with E-state index in [1.54, 1.807) is 24.1 Å². The van der Waals surface area contributed by atoms with Crippen LogP contribution in [0.4, 0.5) is 0 Å². The highest BCUT2D eigenvalue weighted by Crippen LogP contribution is 2.26. The third-order valence-corrected chi connectivity index (χ3v) is 8.81. The molecule has 2 amide bonds. The summed E-state index contributed by atoms with van der Waals surface area (Å²) in [6.45, 7) is 0.216. The molecular weight excluding hydrogens is 563 g/mol. The van der Waals surface area contributed by atoms with E-state index in [0.29, 0.717) is 22.2 Å². The van der Waals surface area contributed by atoms with E-state index in [2.05, 4.69) is 5.32 Å². The maximum absolute atomic E-state index is 13.9. The lowest BCUT2D eigenvalue weighted by Crippen LogP contribution is -2.53. The summed E-state index contributed by atoms with van der Waals surface area (Å²) >= 11 is 14.2. The molecule has 1 aliphatic carbocycles. The SMILES string of the molecule is COc1ccc(CSCC(=O)N(Cc2ccc(Cl)cc2Cl)[C@@H](Cc2ccccc2)C(=O)NC2CCCCC2)cc1. The number of halogens is 2. The van der Waals surface area contributed by atoms with Gasteiger partial charge in [0.15, 0.2) is 0 Å². The van der Waals surface area contributed by atoms with E-state index in [1.807, 2.05) is 60.7 Å². The van der Waals surface area contributed by atoms with Crippen LogP contribution in [0.2, 0.25) is 10.0 Å². The fraction of sp³-hybridized carbons (Fsp3) is 0.375. The summed E-state index contributed by atoms with van der Waals surface area (Å²) in [6.07, 6.45) is 5.78. The molecule has 0 spiro atoms. The molecule has 3 aromatic rings. The molecule has 0 heterocycles. The van der Waals surface area contributed by atoms with Gasteiger partial charge in [0.1, 0.15) is 11.8 Å². The van der Waals surface area contributed by atoms with Crippen molar-refractivity contribution in [2.45, 2.75) is 62.9 Å². The molecule has 3 aromatic carbocycles. The molecule has 1 fully saturated rings. The second kappa shape index (κ2) is 15.4. The van der Waals surface area contributed by atoms with Crippen molar-refractivity contribution >= 4 is 46.8 Å². The van der Waals surface area contributed by atoms with Crippen molar-refractivity contribution < 1.29 is 14.3 Å². The highest BCUT2D eigenvalue weighted by Gasteiger charge is 2.32. The van der Waals surface area contributed by atoms with E-state index in [9.17, 15) is 9.59 Å². The van der Waals surface area contributed by atoms with E-state index in [-0.39, 0.29) is 30.2 Å². The molecule has 8 heteroatoms. The first-order chi connectivity index (χ1) is 19.4. The van der Waals surface area contributed by atoms with Gasteiger partial charge in [0.25, 0.3) is 0 Å². The zero-order valence-corrected chi connectivity index (χ0v) is 25.1. The summed E-state index contributed by atoms with van der Waals surface area (Å²) in [5.74, 6) is 1.48. The van der Waals surface area contributed by atoms with Gasteiger partial charge in [-0.1, -0.05) is 91.0 Å². The molecular formula is C32H36Cl2N2O3S. The number of hydrogen-bond donors (Lipinski definition) is 1. The third kappa shape index (κ3) is 8.92. The molecule has 0 bridgehead atoms. The number of ether oxygens (including phenoxy) is 1. The highest BCUT2D eigenvalue weighted by molar-refractivity contribution is 7.99. The van der Waals surface area contributed by atoms with Crippen molar-refractivity contribution in [1.82, 2.24) is 10.2 Å². The minimum absolute atomic E-state index is 0.107. The van der Waals surface area contributed by atoms with Gasteiger partial charge in [0.05, 0.1) is 12.9 Å². The number of hydrogen-bond acceptors (Lipinski definition) is 4. The molecule has 1 N–H and O–H groups in total. The smallest absolute Gasteiger partial charge is 0.243 e. The van der Waals surface area contributed by atoms with Crippen molar-refractivity contribution in [2.75, 3.05) is 12.9 Å². The first-order valence-corrected chi connectivity index (χ1v) is 15.6. The van der Waals surface area contributed by atoms with E-state index < -0.39 is 6.04 Å².